The molecule has 2 aromatic carbocycles. The number of benzene rings is 2. The minimum absolute atomic E-state index is 0.419. The SMILES string of the molecule is COc1ccccc1-c1n[nH]c(=S)n1/N=C/c1ccc(N(C)C)cc1. The number of nitrogens with zero attached hydrogens (tertiary/aromatic N) is 4. The number of rotatable bonds is 5. The molecule has 128 valence electrons. The zero-order valence-electron chi connectivity index (χ0n) is 14.3. The molecule has 0 atom stereocenters. The maximum atomic E-state index is 5.40. The fraction of sp³-hybridized carbons (Fsp3) is 0.167. The number of nitrogens with one attached hydrogen (secondary N) is 1. The number of anilines is 1. The van der Waals surface area contributed by atoms with Crippen LogP contribution in [-0.4, -0.2) is 42.3 Å². The first kappa shape index (κ1) is 16.9. The summed E-state index contributed by atoms with van der Waals surface area (Å²) in [6, 6.07) is 15.7. The number of ether oxygens (including phenoxy) is 1. The van der Waals surface area contributed by atoms with Crippen molar-refractivity contribution in [1.29, 1.82) is 0 Å². The van der Waals surface area contributed by atoms with Gasteiger partial charge < -0.3 is 9.64 Å². The van der Waals surface area contributed by atoms with Crippen molar-refractivity contribution in [1.82, 2.24) is 14.9 Å². The van der Waals surface area contributed by atoms with Crippen LogP contribution in [-0.2, 0) is 0 Å². The fourth-order valence-corrected chi connectivity index (χ4v) is 2.56. The van der Waals surface area contributed by atoms with Crippen LogP contribution in [0.2, 0.25) is 0 Å². The van der Waals surface area contributed by atoms with E-state index in [1.165, 1.54) is 0 Å². The van der Waals surface area contributed by atoms with Crippen LogP contribution in [0.25, 0.3) is 11.4 Å². The van der Waals surface area contributed by atoms with Crippen molar-refractivity contribution < 1.29 is 4.74 Å². The molecule has 25 heavy (non-hydrogen) atoms. The second-order valence-corrected chi connectivity index (χ2v) is 5.98. The molecule has 0 unspecified atom stereocenters. The van der Waals surface area contributed by atoms with Crippen LogP contribution < -0.4 is 9.64 Å². The summed E-state index contributed by atoms with van der Waals surface area (Å²) in [5.41, 5.74) is 2.92. The van der Waals surface area contributed by atoms with Gasteiger partial charge >= 0.3 is 0 Å². The molecule has 1 heterocycles. The Kier molecular flexibility index (Phi) is 4.95. The molecule has 7 heteroatoms. The summed E-state index contributed by atoms with van der Waals surface area (Å²) in [4.78, 5) is 2.05. The predicted molar refractivity (Wildman–Crippen MR) is 103 cm³/mol. The largest absolute Gasteiger partial charge is 0.496 e. The zero-order valence-corrected chi connectivity index (χ0v) is 15.1. The van der Waals surface area contributed by atoms with Gasteiger partial charge in [0.15, 0.2) is 5.82 Å². The van der Waals surface area contributed by atoms with Gasteiger partial charge in [0.25, 0.3) is 0 Å². The maximum Gasteiger partial charge on any atom is 0.216 e. The highest BCUT2D eigenvalue weighted by molar-refractivity contribution is 7.71. The van der Waals surface area contributed by atoms with Gasteiger partial charge in [-0.25, -0.2) is 5.10 Å². The average Bonchev–Trinajstić information content (AvgIpc) is 3.00. The van der Waals surface area contributed by atoms with E-state index in [9.17, 15) is 0 Å². The summed E-state index contributed by atoms with van der Waals surface area (Å²) in [6.45, 7) is 0. The summed E-state index contributed by atoms with van der Waals surface area (Å²) in [7, 11) is 5.64. The van der Waals surface area contributed by atoms with Crippen molar-refractivity contribution in [3.05, 3.63) is 58.9 Å². The predicted octanol–water partition coefficient (Wildman–Crippen LogP) is 3.56. The first-order valence-electron chi connectivity index (χ1n) is 7.72. The quantitative estimate of drug-likeness (QED) is 0.563. The van der Waals surface area contributed by atoms with Gasteiger partial charge in [-0.15, -0.1) is 0 Å². The lowest BCUT2D eigenvalue weighted by Crippen LogP contribution is -2.08. The van der Waals surface area contributed by atoms with Crippen LogP contribution in [0.15, 0.2) is 53.6 Å². The third kappa shape index (κ3) is 3.61. The summed E-state index contributed by atoms with van der Waals surface area (Å²) >= 11 is 5.31. The van der Waals surface area contributed by atoms with Gasteiger partial charge in [-0.05, 0) is 42.0 Å². The highest BCUT2D eigenvalue weighted by atomic mass is 32.1. The van der Waals surface area contributed by atoms with Gasteiger partial charge in [-0.1, -0.05) is 24.3 Å². The van der Waals surface area contributed by atoms with Crippen LogP contribution >= 0.6 is 12.2 Å². The standard InChI is InChI=1S/C18H19N5OS/c1-22(2)14-10-8-13(9-11-14)12-19-23-17(20-21-18(23)25)15-6-4-5-7-16(15)24-3/h4-12H,1-3H3,(H,21,25)/b19-12+. The van der Waals surface area contributed by atoms with Crippen LogP contribution in [0, 0.1) is 4.77 Å². The highest BCUT2D eigenvalue weighted by Crippen LogP contribution is 2.28. The van der Waals surface area contributed by atoms with E-state index >= 15 is 0 Å². The Morgan fingerprint density at radius 1 is 1.16 bits per heavy atom. The van der Waals surface area contributed by atoms with Gasteiger partial charge in [0, 0.05) is 19.8 Å². The molecule has 1 aromatic heterocycles. The Morgan fingerprint density at radius 3 is 2.56 bits per heavy atom. The van der Waals surface area contributed by atoms with Gasteiger partial charge in [-0.3, -0.25) is 0 Å². The molecule has 0 aliphatic heterocycles. The van der Waals surface area contributed by atoms with Gasteiger partial charge in [0.05, 0.1) is 18.9 Å². The average molecular weight is 353 g/mol. The third-order valence-corrected chi connectivity index (χ3v) is 3.99. The summed E-state index contributed by atoms with van der Waals surface area (Å²) in [5, 5.41) is 11.6. The molecule has 0 aliphatic carbocycles. The van der Waals surface area contributed by atoms with E-state index in [-0.39, 0.29) is 0 Å². The van der Waals surface area contributed by atoms with Crippen LogP contribution in [0.3, 0.4) is 0 Å². The van der Waals surface area contributed by atoms with Crippen molar-refractivity contribution in [2.75, 3.05) is 26.1 Å². The number of aromatic nitrogens is 3. The van der Waals surface area contributed by atoms with Crippen molar-refractivity contribution in [2.45, 2.75) is 0 Å². The Balaban J connectivity index is 1.96. The molecule has 3 aromatic rings. The lowest BCUT2D eigenvalue weighted by atomic mass is 10.2. The normalized spacial score (nSPS) is 11.0. The second kappa shape index (κ2) is 7.31. The number of H-pyrrole nitrogens is 1. The van der Waals surface area contributed by atoms with Crippen molar-refractivity contribution >= 4 is 24.1 Å². The van der Waals surface area contributed by atoms with Crippen LogP contribution in [0.4, 0.5) is 5.69 Å². The Hall–Kier alpha value is -2.93. The number of para-hydroxylation sites is 1. The first-order valence-corrected chi connectivity index (χ1v) is 8.13. The molecule has 1 N–H and O–H groups in total. The molecule has 0 spiro atoms. The molecular formula is C18H19N5OS. The summed E-state index contributed by atoms with van der Waals surface area (Å²) in [5.74, 6) is 1.31. The van der Waals surface area contributed by atoms with Crippen molar-refractivity contribution in [3.8, 4) is 17.1 Å². The first-order chi connectivity index (χ1) is 12.1. The van der Waals surface area contributed by atoms with E-state index in [4.69, 9.17) is 17.0 Å². The minimum atomic E-state index is 0.419. The molecule has 0 saturated heterocycles. The number of hydrogen-bond donors (Lipinski definition) is 1. The van der Waals surface area contributed by atoms with E-state index < -0.39 is 0 Å². The Bertz CT molecular complexity index is 941. The second-order valence-electron chi connectivity index (χ2n) is 5.59. The van der Waals surface area contributed by atoms with Crippen molar-refractivity contribution in [2.24, 2.45) is 5.10 Å². The van der Waals surface area contributed by atoms with Gasteiger partial charge in [-0.2, -0.15) is 14.9 Å². The van der Waals surface area contributed by atoms with Crippen molar-refractivity contribution in [3.63, 3.8) is 0 Å². The Morgan fingerprint density at radius 2 is 1.88 bits per heavy atom. The van der Waals surface area contributed by atoms with Gasteiger partial charge in [0.2, 0.25) is 4.77 Å². The van der Waals surface area contributed by atoms with E-state index in [0.717, 1.165) is 16.8 Å². The molecule has 0 bridgehead atoms. The minimum Gasteiger partial charge on any atom is -0.496 e. The summed E-state index contributed by atoms with van der Waals surface area (Å²) < 4.78 is 7.41. The van der Waals surface area contributed by atoms with Crippen LogP contribution in [0.5, 0.6) is 5.75 Å². The molecule has 6 nitrogen and oxygen atoms in total. The lowest BCUT2D eigenvalue weighted by molar-refractivity contribution is 0.416. The number of methoxy groups -OCH3 is 1. The molecule has 0 fully saturated rings. The smallest absolute Gasteiger partial charge is 0.216 e. The Labute approximate surface area is 151 Å². The lowest BCUT2D eigenvalue weighted by Gasteiger charge is -2.11. The highest BCUT2D eigenvalue weighted by Gasteiger charge is 2.12. The number of hydrogen-bond acceptors (Lipinski definition) is 5. The van der Waals surface area contributed by atoms with E-state index in [0.29, 0.717) is 16.3 Å². The molecule has 0 aliphatic rings. The topological polar surface area (TPSA) is 58.4 Å². The van der Waals surface area contributed by atoms with Gasteiger partial charge in [0.1, 0.15) is 5.75 Å². The summed E-state index contributed by atoms with van der Waals surface area (Å²) in [6.07, 6.45) is 1.75. The molecule has 0 radical (unpaired) electrons. The monoisotopic (exact) mass is 353 g/mol. The van der Waals surface area contributed by atoms with Crippen LogP contribution in [0.1, 0.15) is 5.56 Å². The maximum absolute atomic E-state index is 5.40. The molecule has 3 rings (SSSR count). The van der Waals surface area contributed by atoms with E-state index in [1.54, 1.807) is 18.0 Å². The van der Waals surface area contributed by atoms with E-state index in [2.05, 4.69) is 15.3 Å². The fourth-order valence-electron chi connectivity index (χ4n) is 2.39. The van der Waals surface area contributed by atoms with E-state index in [1.807, 2.05) is 67.5 Å². The zero-order chi connectivity index (χ0) is 17.8. The molecule has 0 amide bonds. The number of aromatic amines is 1. The molecular weight excluding hydrogens is 334 g/mol. The third-order valence-electron chi connectivity index (χ3n) is 3.73. The molecule has 0 saturated carbocycles.